The summed E-state index contributed by atoms with van der Waals surface area (Å²) in [7, 11) is 1.96. The van der Waals surface area contributed by atoms with Crippen molar-refractivity contribution in [1.29, 1.82) is 0 Å². The van der Waals surface area contributed by atoms with Gasteiger partial charge in [0.15, 0.2) is 11.0 Å². The summed E-state index contributed by atoms with van der Waals surface area (Å²) in [6.07, 6.45) is 0. The highest BCUT2D eigenvalue weighted by molar-refractivity contribution is 7.98. The van der Waals surface area contributed by atoms with Gasteiger partial charge in [0.25, 0.3) is 0 Å². The number of thioether (sulfide) groups is 1. The monoisotopic (exact) mass is 363 g/mol. The van der Waals surface area contributed by atoms with Crippen molar-refractivity contribution in [3.8, 4) is 22.8 Å². The SMILES string of the molecule is Cc1ccccc1-c1nnc(CSc2nnc(-c3ccccc3)n2C)o1. The molecule has 0 bridgehead atoms. The Hall–Kier alpha value is -2.93. The number of aromatic nitrogens is 5. The van der Waals surface area contributed by atoms with Crippen LogP contribution in [0.2, 0.25) is 0 Å². The molecule has 0 aliphatic carbocycles. The largest absolute Gasteiger partial charge is 0.420 e. The van der Waals surface area contributed by atoms with Gasteiger partial charge in [-0.15, -0.1) is 20.4 Å². The van der Waals surface area contributed by atoms with E-state index < -0.39 is 0 Å². The molecule has 2 heterocycles. The quantitative estimate of drug-likeness (QED) is 0.497. The summed E-state index contributed by atoms with van der Waals surface area (Å²) in [5.74, 6) is 2.48. The van der Waals surface area contributed by atoms with Crippen LogP contribution in [0.3, 0.4) is 0 Å². The molecule has 2 aromatic heterocycles. The highest BCUT2D eigenvalue weighted by atomic mass is 32.2. The maximum Gasteiger partial charge on any atom is 0.248 e. The van der Waals surface area contributed by atoms with Crippen molar-refractivity contribution in [1.82, 2.24) is 25.0 Å². The Labute approximate surface area is 155 Å². The van der Waals surface area contributed by atoms with E-state index >= 15 is 0 Å². The van der Waals surface area contributed by atoms with Gasteiger partial charge in [-0.25, -0.2) is 0 Å². The van der Waals surface area contributed by atoms with E-state index in [1.54, 1.807) is 0 Å². The predicted molar refractivity (Wildman–Crippen MR) is 100 cm³/mol. The molecule has 0 fully saturated rings. The van der Waals surface area contributed by atoms with Gasteiger partial charge >= 0.3 is 0 Å². The summed E-state index contributed by atoms with van der Waals surface area (Å²) in [5, 5.41) is 17.7. The molecule has 0 saturated heterocycles. The Morgan fingerprint density at radius 2 is 1.69 bits per heavy atom. The van der Waals surface area contributed by atoms with Gasteiger partial charge in [0, 0.05) is 18.2 Å². The molecule has 0 saturated carbocycles. The van der Waals surface area contributed by atoms with Gasteiger partial charge in [-0.3, -0.25) is 0 Å². The van der Waals surface area contributed by atoms with Gasteiger partial charge in [-0.2, -0.15) is 0 Å². The normalized spacial score (nSPS) is 11.0. The molecule has 0 atom stereocenters. The zero-order chi connectivity index (χ0) is 17.9. The van der Waals surface area contributed by atoms with E-state index in [2.05, 4.69) is 20.4 Å². The first-order valence-corrected chi connectivity index (χ1v) is 9.17. The summed E-state index contributed by atoms with van der Waals surface area (Å²) < 4.78 is 7.77. The third-order valence-electron chi connectivity index (χ3n) is 4.03. The molecule has 0 aliphatic heterocycles. The second-order valence-corrected chi connectivity index (χ2v) is 6.78. The maximum atomic E-state index is 5.80. The molecule has 0 N–H and O–H groups in total. The lowest BCUT2D eigenvalue weighted by molar-refractivity contribution is 0.528. The summed E-state index contributed by atoms with van der Waals surface area (Å²) in [4.78, 5) is 0. The van der Waals surface area contributed by atoms with Crippen LogP contribution in [0.1, 0.15) is 11.5 Å². The van der Waals surface area contributed by atoms with Crippen molar-refractivity contribution < 1.29 is 4.42 Å². The smallest absolute Gasteiger partial charge is 0.248 e. The Balaban J connectivity index is 1.49. The summed E-state index contributed by atoms with van der Waals surface area (Å²) >= 11 is 1.52. The first kappa shape index (κ1) is 16.5. The zero-order valence-corrected chi connectivity index (χ0v) is 15.3. The molecule has 2 aromatic carbocycles. The molecule has 0 radical (unpaired) electrons. The molecule has 6 nitrogen and oxygen atoms in total. The number of hydrogen-bond donors (Lipinski definition) is 0. The van der Waals surface area contributed by atoms with Crippen molar-refractivity contribution in [2.75, 3.05) is 0 Å². The van der Waals surface area contributed by atoms with Gasteiger partial charge in [0.05, 0.1) is 5.75 Å². The van der Waals surface area contributed by atoms with E-state index in [4.69, 9.17) is 4.42 Å². The van der Waals surface area contributed by atoms with Crippen LogP contribution in [0.25, 0.3) is 22.8 Å². The third kappa shape index (κ3) is 3.25. The van der Waals surface area contributed by atoms with Crippen molar-refractivity contribution in [2.45, 2.75) is 17.8 Å². The van der Waals surface area contributed by atoms with Crippen LogP contribution in [0.15, 0.2) is 64.2 Å². The predicted octanol–water partition coefficient (Wildman–Crippen LogP) is 4.13. The second kappa shape index (κ2) is 7.13. The first-order chi connectivity index (χ1) is 12.7. The Kier molecular flexibility index (Phi) is 4.53. The van der Waals surface area contributed by atoms with Crippen LogP contribution in [0.4, 0.5) is 0 Å². The van der Waals surface area contributed by atoms with Gasteiger partial charge in [0.1, 0.15) is 0 Å². The molecule has 26 heavy (non-hydrogen) atoms. The number of aryl methyl sites for hydroxylation is 1. The molecule has 130 valence electrons. The fourth-order valence-corrected chi connectivity index (χ4v) is 3.39. The summed E-state index contributed by atoms with van der Waals surface area (Å²) in [6.45, 7) is 2.03. The molecule has 0 aliphatic rings. The molecule has 0 spiro atoms. The Bertz CT molecular complexity index is 1030. The van der Waals surface area contributed by atoms with Crippen LogP contribution in [0.5, 0.6) is 0 Å². The van der Waals surface area contributed by atoms with E-state index in [0.717, 1.165) is 27.7 Å². The minimum atomic E-state index is 0.541. The van der Waals surface area contributed by atoms with Crippen LogP contribution >= 0.6 is 11.8 Å². The Morgan fingerprint density at radius 3 is 2.50 bits per heavy atom. The van der Waals surface area contributed by atoms with Crippen LogP contribution in [0, 0.1) is 6.92 Å². The van der Waals surface area contributed by atoms with Crippen molar-refractivity contribution >= 4 is 11.8 Å². The topological polar surface area (TPSA) is 69.6 Å². The average molecular weight is 363 g/mol. The van der Waals surface area contributed by atoms with Gasteiger partial charge in [0.2, 0.25) is 11.8 Å². The summed E-state index contributed by atoms with van der Waals surface area (Å²) in [5.41, 5.74) is 3.10. The number of rotatable bonds is 5. The molecule has 4 rings (SSSR count). The van der Waals surface area contributed by atoms with E-state index in [-0.39, 0.29) is 0 Å². The van der Waals surface area contributed by atoms with Gasteiger partial charge in [-0.1, -0.05) is 60.3 Å². The molecular weight excluding hydrogens is 346 g/mol. The summed E-state index contributed by atoms with van der Waals surface area (Å²) in [6, 6.07) is 18.0. The number of hydrogen-bond acceptors (Lipinski definition) is 6. The molecule has 0 amide bonds. The second-order valence-electron chi connectivity index (χ2n) is 5.84. The van der Waals surface area contributed by atoms with E-state index in [1.807, 2.05) is 73.1 Å². The van der Waals surface area contributed by atoms with Crippen LogP contribution < -0.4 is 0 Å². The lowest BCUT2D eigenvalue weighted by atomic mass is 10.1. The molecule has 4 aromatic rings. The zero-order valence-electron chi connectivity index (χ0n) is 14.5. The van der Waals surface area contributed by atoms with Crippen LogP contribution in [-0.4, -0.2) is 25.0 Å². The highest BCUT2D eigenvalue weighted by Crippen LogP contribution is 2.27. The van der Waals surface area contributed by atoms with Crippen molar-refractivity contribution in [3.05, 3.63) is 66.1 Å². The Morgan fingerprint density at radius 1 is 0.923 bits per heavy atom. The molecule has 0 unspecified atom stereocenters. The number of nitrogens with zero attached hydrogens (tertiary/aromatic N) is 5. The van der Waals surface area contributed by atoms with E-state index in [1.165, 1.54) is 11.8 Å². The van der Waals surface area contributed by atoms with Gasteiger partial charge in [-0.05, 0) is 18.6 Å². The number of benzene rings is 2. The fourth-order valence-electron chi connectivity index (χ4n) is 2.64. The molecular formula is C19H17N5OS. The van der Waals surface area contributed by atoms with E-state index in [9.17, 15) is 0 Å². The first-order valence-electron chi connectivity index (χ1n) is 8.18. The molecule has 7 heteroatoms. The minimum Gasteiger partial charge on any atom is -0.420 e. The standard InChI is InChI=1S/C19H17N5OS/c1-13-8-6-7-11-15(13)18-22-20-16(25-18)12-26-19-23-21-17(24(19)2)14-9-4-3-5-10-14/h3-11H,12H2,1-2H3. The van der Waals surface area contributed by atoms with E-state index in [0.29, 0.717) is 17.5 Å². The lowest BCUT2D eigenvalue weighted by Gasteiger charge is -2.02. The third-order valence-corrected chi connectivity index (χ3v) is 5.04. The highest BCUT2D eigenvalue weighted by Gasteiger charge is 2.14. The van der Waals surface area contributed by atoms with Crippen molar-refractivity contribution in [3.63, 3.8) is 0 Å². The average Bonchev–Trinajstić information content (AvgIpc) is 3.28. The van der Waals surface area contributed by atoms with Gasteiger partial charge < -0.3 is 8.98 Å². The minimum absolute atomic E-state index is 0.541. The lowest BCUT2D eigenvalue weighted by Crippen LogP contribution is -1.95. The van der Waals surface area contributed by atoms with Crippen molar-refractivity contribution in [2.24, 2.45) is 7.05 Å². The fraction of sp³-hybridized carbons (Fsp3) is 0.158. The maximum absolute atomic E-state index is 5.80. The van der Waals surface area contributed by atoms with Crippen LogP contribution in [-0.2, 0) is 12.8 Å².